The van der Waals surface area contributed by atoms with Crippen LogP contribution in [0.15, 0.2) is 35.8 Å². The average molecular weight is 509 g/mol. The van der Waals surface area contributed by atoms with Gasteiger partial charge in [0.25, 0.3) is 0 Å². The van der Waals surface area contributed by atoms with Crippen molar-refractivity contribution in [1.82, 2.24) is 20.2 Å². The minimum absolute atomic E-state index is 0. The number of fused-ring (bicyclic) bond motifs is 1. The number of nitrogens with one attached hydrogen (secondary N) is 2. The zero-order valence-corrected chi connectivity index (χ0v) is 17.6. The van der Waals surface area contributed by atoms with Crippen LogP contribution in [0, 0.1) is 0 Å². The number of nitrogens with zero attached hydrogens (tertiary/aromatic N) is 3. The first kappa shape index (κ1) is 22.0. The maximum absolute atomic E-state index is 12.7. The summed E-state index contributed by atoms with van der Waals surface area (Å²) in [6.07, 6.45) is 6.27. The Labute approximate surface area is 178 Å². The molecule has 0 radical (unpaired) electrons. The number of aryl methyl sites for hydroxylation is 1. The molecule has 11 heteroatoms. The Morgan fingerprint density at radius 2 is 2.11 bits per heavy atom. The zero-order valence-electron chi connectivity index (χ0n) is 15.2. The van der Waals surface area contributed by atoms with Crippen molar-refractivity contribution in [3.05, 3.63) is 36.4 Å². The maximum Gasteiger partial charge on any atom is 0.387 e. The van der Waals surface area contributed by atoms with Crippen molar-refractivity contribution in [2.75, 3.05) is 20.4 Å². The van der Waals surface area contributed by atoms with Crippen molar-refractivity contribution in [2.45, 2.75) is 26.1 Å². The Kier molecular flexibility index (Phi) is 8.54. The summed E-state index contributed by atoms with van der Waals surface area (Å²) in [7, 11) is 1.64. The van der Waals surface area contributed by atoms with E-state index in [0.717, 1.165) is 13.0 Å². The van der Waals surface area contributed by atoms with E-state index in [1.54, 1.807) is 25.6 Å². The Balaban J connectivity index is 0.00000280. The number of rotatable bonds is 8. The van der Waals surface area contributed by atoms with E-state index in [4.69, 9.17) is 9.47 Å². The normalized spacial score (nSPS) is 12.6. The molecule has 2 aromatic rings. The molecule has 0 bridgehead atoms. The molecule has 0 fully saturated rings. The third-order valence-corrected chi connectivity index (χ3v) is 3.89. The van der Waals surface area contributed by atoms with Crippen LogP contribution in [0.25, 0.3) is 0 Å². The van der Waals surface area contributed by atoms with Crippen LogP contribution in [0.4, 0.5) is 8.78 Å². The lowest BCUT2D eigenvalue weighted by molar-refractivity contribution is -0.0505. The third kappa shape index (κ3) is 6.11. The predicted octanol–water partition coefficient (Wildman–Crippen LogP) is 2.59. The molecule has 0 unspecified atom stereocenters. The van der Waals surface area contributed by atoms with Gasteiger partial charge in [0.05, 0.1) is 6.33 Å². The van der Waals surface area contributed by atoms with E-state index in [0.29, 0.717) is 29.6 Å². The lowest BCUT2D eigenvalue weighted by Crippen LogP contribution is -2.37. The zero-order chi connectivity index (χ0) is 19.1. The van der Waals surface area contributed by atoms with Gasteiger partial charge in [0.1, 0.15) is 5.75 Å². The van der Waals surface area contributed by atoms with Gasteiger partial charge in [-0.2, -0.15) is 8.78 Å². The van der Waals surface area contributed by atoms with Gasteiger partial charge < -0.3 is 29.4 Å². The number of hydrogen-bond acceptors (Lipinski definition) is 5. The molecule has 2 heterocycles. The number of hydrogen-bond donors (Lipinski definition) is 2. The van der Waals surface area contributed by atoms with Gasteiger partial charge in [-0.1, -0.05) is 0 Å². The second-order valence-electron chi connectivity index (χ2n) is 5.70. The van der Waals surface area contributed by atoms with E-state index in [-0.39, 0.29) is 43.1 Å². The summed E-state index contributed by atoms with van der Waals surface area (Å²) < 4.78 is 42.5. The molecular formula is C17H22F2IN5O3. The first-order valence-corrected chi connectivity index (χ1v) is 8.43. The number of imidazole rings is 1. The van der Waals surface area contributed by atoms with Crippen LogP contribution in [-0.4, -0.2) is 42.5 Å². The summed E-state index contributed by atoms with van der Waals surface area (Å²) in [5.41, 5.74) is 0.515. The second-order valence-corrected chi connectivity index (χ2v) is 5.70. The summed E-state index contributed by atoms with van der Waals surface area (Å²) in [6.45, 7) is -1.11. The number of guanidine groups is 1. The Morgan fingerprint density at radius 1 is 1.32 bits per heavy atom. The van der Waals surface area contributed by atoms with Gasteiger partial charge in [0.15, 0.2) is 17.5 Å². The maximum atomic E-state index is 12.7. The summed E-state index contributed by atoms with van der Waals surface area (Å²) >= 11 is 0. The lowest BCUT2D eigenvalue weighted by atomic mass is 10.1. The molecule has 0 aliphatic carbocycles. The molecule has 1 aromatic heterocycles. The molecule has 0 saturated heterocycles. The van der Waals surface area contributed by atoms with Crippen LogP contribution < -0.4 is 24.8 Å². The standard InChI is InChI=1S/C17H21F2N5O3.HI/c1-20-17(22-3-2-5-24-6-4-21-10-24)23-9-12-7-14-15(26-11-25-14)8-13(12)27-16(18)19;/h4,6-8,10,16H,2-3,5,9,11H2,1H3,(H2,20,22,23);1H. The van der Waals surface area contributed by atoms with Crippen molar-refractivity contribution in [3.63, 3.8) is 0 Å². The molecule has 1 aliphatic rings. The van der Waals surface area contributed by atoms with E-state index in [1.165, 1.54) is 6.07 Å². The van der Waals surface area contributed by atoms with E-state index in [9.17, 15) is 8.78 Å². The predicted molar refractivity (Wildman–Crippen MR) is 110 cm³/mol. The monoisotopic (exact) mass is 509 g/mol. The second kappa shape index (κ2) is 10.9. The van der Waals surface area contributed by atoms with Crippen LogP contribution >= 0.6 is 24.0 Å². The lowest BCUT2D eigenvalue weighted by Gasteiger charge is -2.15. The molecule has 2 N–H and O–H groups in total. The number of alkyl halides is 2. The number of halogens is 3. The molecule has 0 spiro atoms. The fourth-order valence-corrected chi connectivity index (χ4v) is 2.60. The summed E-state index contributed by atoms with van der Waals surface area (Å²) in [6, 6.07) is 3.03. The average Bonchev–Trinajstić information content (AvgIpc) is 3.31. The van der Waals surface area contributed by atoms with Gasteiger partial charge in [0.2, 0.25) is 6.79 Å². The SMILES string of the molecule is CN=C(NCCCn1ccnc1)NCc1cc2c(cc1OC(F)F)OCO2.I. The van der Waals surface area contributed by atoms with Crippen LogP contribution in [0.5, 0.6) is 17.2 Å². The van der Waals surface area contributed by atoms with Crippen molar-refractivity contribution >= 4 is 29.9 Å². The van der Waals surface area contributed by atoms with Crippen LogP contribution in [-0.2, 0) is 13.1 Å². The van der Waals surface area contributed by atoms with E-state index >= 15 is 0 Å². The number of benzene rings is 1. The van der Waals surface area contributed by atoms with Crippen LogP contribution in [0.2, 0.25) is 0 Å². The van der Waals surface area contributed by atoms with E-state index in [1.807, 2.05) is 10.8 Å². The van der Waals surface area contributed by atoms with E-state index < -0.39 is 6.61 Å². The van der Waals surface area contributed by atoms with Gasteiger partial charge in [-0.3, -0.25) is 4.99 Å². The first-order valence-electron chi connectivity index (χ1n) is 8.43. The van der Waals surface area contributed by atoms with Gasteiger partial charge in [-0.15, -0.1) is 24.0 Å². The Bertz CT molecular complexity index is 774. The van der Waals surface area contributed by atoms with Gasteiger partial charge >= 0.3 is 6.61 Å². The minimum Gasteiger partial charge on any atom is -0.454 e. The molecule has 154 valence electrons. The fourth-order valence-electron chi connectivity index (χ4n) is 2.60. The number of aromatic nitrogens is 2. The van der Waals surface area contributed by atoms with Gasteiger partial charge in [-0.25, -0.2) is 4.98 Å². The van der Waals surface area contributed by atoms with Crippen molar-refractivity contribution in [3.8, 4) is 17.2 Å². The van der Waals surface area contributed by atoms with Gasteiger partial charge in [-0.05, 0) is 12.5 Å². The van der Waals surface area contributed by atoms with Crippen molar-refractivity contribution < 1.29 is 23.0 Å². The highest BCUT2D eigenvalue weighted by Gasteiger charge is 2.20. The molecule has 8 nitrogen and oxygen atoms in total. The largest absolute Gasteiger partial charge is 0.454 e. The molecule has 0 saturated carbocycles. The molecule has 0 amide bonds. The third-order valence-electron chi connectivity index (χ3n) is 3.89. The van der Waals surface area contributed by atoms with Crippen LogP contribution in [0.3, 0.4) is 0 Å². The molecule has 1 aliphatic heterocycles. The van der Waals surface area contributed by atoms with Gasteiger partial charge in [0, 0.05) is 50.7 Å². The Morgan fingerprint density at radius 3 is 2.79 bits per heavy atom. The number of ether oxygens (including phenoxy) is 3. The number of aliphatic imine (C=N–C) groups is 1. The highest BCUT2D eigenvalue weighted by Crippen LogP contribution is 2.38. The molecule has 28 heavy (non-hydrogen) atoms. The summed E-state index contributed by atoms with van der Waals surface area (Å²) in [4.78, 5) is 8.12. The quantitative estimate of drug-likeness (QED) is 0.247. The molecule has 3 rings (SSSR count). The smallest absolute Gasteiger partial charge is 0.387 e. The Hall–Kier alpha value is -2.31. The highest BCUT2D eigenvalue weighted by atomic mass is 127. The highest BCUT2D eigenvalue weighted by molar-refractivity contribution is 14.0. The summed E-state index contributed by atoms with van der Waals surface area (Å²) in [5.74, 6) is 1.48. The topological polar surface area (TPSA) is 81.9 Å². The fraction of sp³-hybridized carbons (Fsp3) is 0.412. The molecule has 0 atom stereocenters. The minimum atomic E-state index is -2.93. The van der Waals surface area contributed by atoms with Crippen LogP contribution in [0.1, 0.15) is 12.0 Å². The van der Waals surface area contributed by atoms with Crippen molar-refractivity contribution in [2.24, 2.45) is 4.99 Å². The molecular weight excluding hydrogens is 487 g/mol. The van der Waals surface area contributed by atoms with Crippen molar-refractivity contribution in [1.29, 1.82) is 0 Å². The summed E-state index contributed by atoms with van der Waals surface area (Å²) in [5, 5.41) is 6.26. The molecule has 1 aromatic carbocycles. The first-order chi connectivity index (χ1) is 13.2. The van der Waals surface area contributed by atoms with E-state index in [2.05, 4.69) is 25.3 Å².